The highest BCUT2D eigenvalue weighted by Crippen LogP contribution is 2.49. The lowest BCUT2D eigenvalue weighted by Gasteiger charge is -2.29. The molecule has 0 radical (unpaired) electrons. The van der Waals surface area contributed by atoms with Crippen molar-refractivity contribution >= 4 is 104 Å². The number of fused-ring (bicyclic) bond motifs is 12. The van der Waals surface area contributed by atoms with Crippen LogP contribution in [-0.2, 0) is 0 Å². The molecule has 0 unspecified atom stereocenters. The second-order valence-corrected chi connectivity index (χ2v) is 16.0. The van der Waals surface area contributed by atoms with Crippen molar-refractivity contribution in [2.24, 2.45) is 0 Å². The van der Waals surface area contributed by atoms with Gasteiger partial charge in [-0.3, -0.25) is 0 Å². The van der Waals surface area contributed by atoms with Crippen LogP contribution in [0.4, 0.5) is 17.1 Å². The molecule has 0 aliphatic rings. The van der Waals surface area contributed by atoms with Crippen LogP contribution in [-0.4, -0.2) is 0 Å². The van der Waals surface area contributed by atoms with Crippen molar-refractivity contribution in [1.29, 1.82) is 0 Å². The standard InChI is InChI=1S/C58H35NO2/c1-2-15-40-35-55-50(34-39(40)14-1)56-48(21-10-24-53(56)60-55)47-18-7-8-22-51(47)59(52-23-11-25-54-57(52)49-33-29-37-13-4-6-17-44(37)58(49)61-54)41-30-26-38(27-31-41)43-19-9-20-45-42-16-5-3-12-36(42)28-32-46(43)45/h1-35H. The van der Waals surface area contributed by atoms with Gasteiger partial charge in [-0.15, -0.1) is 0 Å². The minimum atomic E-state index is 0.848. The van der Waals surface area contributed by atoms with Gasteiger partial charge in [0.1, 0.15) is 22.3 Å². The summed E-state index contributed by atoms with van der Waals surface area (Å²) in [6, 6.07) is 76.3. The topological polar surface area (TPSA) is 29.5 Å². The molecule has 0 spiro atoms. The third-order valence-electron chi connectivity index (χ3n) is 12.6. The maximum atomic E-state index is 6.78. The summed E-state index contributed by atoms with van der Waals surface area (Å²) in [5.74, 6) is 0. The molecule has 0 saturated carbocycles. The number of para-hydroxylation sites is 1. The summed E-state index contributed by atoms with van der Waals surface area (Å²) < 4.78 is 13.4. The first-order chi connectivity index (χ1) is 30.2. The van der Waals surface area contributed by atoms with Crippen LogP contribution in [0.15, 0.2) is 221 Å². The fourth-order valence-corrected chi connectivity index (χ4v) is 9.84. The lowest BCUT2D eigenvalue weighted by atomic mass is 9.94. The van der Waals surface area contributed by atoms with Gasteiger partial charge in [0.15, 0.2) is 0 Å². The first kappa shape index (κ1) is 33.8. The van der Waals surface area contributed by atoms with E-state index in [4.69, 9.17) is 8.83 Å². The molecule has 13 aromatic rings. The van der Waals surface area contributed by atoms with E-state index in [0.29, 0.717) is 0 Å². The van der Waals surface area contributed by atoms with E-state index < -0.39 is 0 Å². The highest BCUT2D eigenvalue weighted by molar-refractivity contribution is 6.21. The van der Waals surface area contributed by atoms with E-state index >= 15 is 0 Å². The Bertz CT molecular complexity index is 3890. The summed E-state index contributed by atoms with van der Waals surface area (Å²) >= 11 is 0. The number of anilines is 3. The fourth-order valence-electron chi connectivity index (χ4n) is 9.84. The lowest BCUT2D eigenvalue weighted by Crippen LogP contribution is -2.11. The maximum absolute atomic E-state index is 6.78. The van der Waals surface area contributed by atoms with Crippen LogP contribution in [0, 0.1) is 0 Å². The van der Waals surface area contributed by atoms with E-state index in [2.05, 4.69) is 217 Å². The average Bonchev–Trinajstić information content (AvgIpc) is 3.90. The number of rotatable bonds is 5. The van der Waals surface area contributed by atoms with Crippen LogP contribution in [0.2, 0.25) is 0 Å². The van der Waals surface area contributed by atoms with Gasteiger partial charge in [0.2, 0.25) is 0 Å². The molecule has 2 heterocycles. The zero-order valence-corrected chi connectivity index (χ0v) is 33.0. The van der Waals surface area contributed by atoms with Gasteiger partial charge in [0.05, 0.1) is 16.8 Å². The van der Waals surface area contributed by atoms with E-state index in [-0.39, 0.29) is 0 Å². The van der Waals surface area contributed by atoms with E-state index in [9.17, 15) is 0 Å². The van der Waals surface area contributed by atoms with Crippen LogP contribution < -0.4 is 4.90 Å². The molecule has 0 amide bonds. The molecule has 0 bridgehead atoms. The predicted molar refractivity (Wildman–Crippen MR) is 257 cm³/mol. The molecular weight excluding hydrogens is 743 g/mol. The Balaban J connectivity index is 1.06. The number of hydrogen-bond donors (Lipinski definition) is 0. The smallest absolute Gasteiger partial charge is 0.143 e. The molecule has 0 aliphatic carbocycles. The van der Waals surface area contributed by atoms with Crippen molar-refractivity contribution in [3.63, 3.8) is 0 Å². The van der Waals surface area contributed by atoms with Gasteiger partial charge in [0, 0.05) is 32.8 Å². The van der Waals surface area contributed by atoms with Crippen LogP contribution in [0.3, 0.4) is 0 Å². The Morgan fingerprint density at radius 2 is 0.885 bits per heavy atom. The fraction of sp³-hybridized carbons (Fsp3) is 0. The number of hydrogen-bond acceptors (Lipinski definition) is 3. The van der Waals surface area contributed by atoms with Gasteiger partial charge >= 0.3 is 0 Å². The van der Waals surface area contributed by atoms with Gasteiger partial charge in [-0.05, 0) is 109 Å². The van der Waals surface area contributed by atoms with E-state index in [1.54, 1.807) is 0 Å². The van der Waals surface area contributed by atoms with Crippen molar-refractivity contribution in [3.8, 4) is 22.3 Å². The molecule has 284 valence electrons. The van der Waals surface area contributed by atoms with Crippen molar-refractivity contribution in [1.82, 2.24) is 0 Å². The van der Waals surface area contributed by atoms with Gasteiger partial charge in [-0.2, -0.15) is 0 Å². The highest BCUT2D eigenvalue weighted by atomic mass is 16.3. The van der Waals surface area contributed by atoms with Gasteiger partial charge in [-0.1, -0.05) is 158 Å². The summed E-state index contributed by atoms with van der Waals surface area (Å²) in [6.45, 7) is 0. The summed E-state index contributed by atoms with van der Waals surface area (Å²) in [4.78, 5) is 2.42. The Hall–Kier alpha value is -8.14. The van der Waals surface area contributed by atoms with Crippen molar-refractivity contribution in [2.45, 2.75) is 0 Å². The minimum Gasteiger partial charge on any atom is -0.456 e. The Kier molecular flexibility index (Phi) is 7.31. The molecule has 0 atom stereocenters. The molecule has 3 nitrogen and oxygen atoms in total. The average molecular weight is 778 g/mol. The van der Waals surface area contributed by atoms with Crippen molar-refractivity contribution in [2.75, 3.05) is 4.90 Å². The van der Waals surface area contributed by atoms with Crippen LogP contribution in [0.25, 0.3) is 109 Å². The summed E-state index contributed by atoms with van der Waals surface area (Å²) in [5, 5.41) is 14.0. The summed E-state index contributed by atoms with van der Waals surface area (Å²) in [6.07, 6.45) is 0. The zero-order valence-electron chi connectivity index (χ0n) is 33.0. The maximum Gasteiger partial charge on any atom is 0.143 e. The Morgan fingerprint density at radius 3 is 1.72 bits per heavy atom. The molecule has 0 aliphatic heterocycles. The number of furan rings is 2. The normalized spacial score (nSPS) is 11.9. The van der Waals surface area contributed by atoms with E-state index in [0.717, 1.165) is 93.8 Å². The van der Waals surface area contributed by atoms with E-state index in [1.165, 1.54) is 32.5 Å². The minimum absolute atomic E-state index is 0.848. The van der Waals surface area contributed by atoms with Crippen LogP contribution >= 0.6 is 0 Å². The van der Waals surface area contributed by atoms with Crippen LogP contribution in [0.1, 0.15) is 0 Å². The zero-order chi connectivity index (χ0) is 40.0. The summed E-state index contributed by atoms with van der Waals surface area (Å²) in [7, 11) is 0. The molecule has 13 rings (SSSR count). The SMILES string of the molecule is c1ccc(N(c2ccc(-c3cccc4c3ccc3ccccc34)cc2)c2cccc3oc4c5ccccc5ccc4c23)c(-c2cccc3oc4cc5ccccc5cc4c23)c1. The Labute approximate surface area is 350 Å². The van der Waals surface area contributed by atoms with Crippen molar-refractivity contribution < 1.29 is 8.83 Å². The van der Waals surface area contributed by atoms with Gasteiger partial charge in [0.25, 0.3) is 0 Å². The summed E-state index contributed by atoms with van der Waals surface area (Å²) in [5.41, 5.74) is 11.2. The molecule has 3 heteroatoms. The second kappa shape index (κ2) is 13.2. The number of nitrogens with zero attached hydrogens (tertiary/aromatic N) is 1. The molecule has 0 saturated heterocycles. The quantitative estimate of drug-likeness (QED) is 0.163. The first-order valence-electron chi connectivity index (χ1n) is 20.8. The predicted octanol–water partition coefficient (Wildman–Crippen LogP) is 16.9. The van der Waals surface area contributed by atoms with Crippen LogP contribution in [0.5, 0.6) is 0 Å². The van der Waals surface area contributed by atoms with E-state index in [1.807, 2.05) is 0 Å². The monoisotopic (exact) mass is 777 g/mol. The number of benzene rings is 11. The Morgan fingerprint density at radius 1 is 0.295 bits per heavy atom. The first-order valence-corrected chi connectivity index (χ1v) is 20.8. The van der Waals surface area contributed by atoms with Gasteiger partial charge in [-0.25, -0.2) is 0 Å². The molecule has 11 aromatic carbocycles. The molecule has 2 aromatic heterocycles. The molecule has 0 fully saturated rings. The third kappa shape index (κ3) is 5.17. The van der Waals surface area contributed by atoms with Gasteiger partial charge < -0.3 is 13.7 Å². The largest absolute Gasteiger partial charge is 0.456 e. The highest BCUT2D eigenvalue weighted by Gasteiger charge is 2.24. The second-order valence-electron chi connectivity index (χ2n) is 16.0. The molecule has 0 N–H and O–H groups in total. The molecule has 61 heavy (non-hydrogen) atoms. The molecular formula is C58H35NO2. The lowest BCUT2D eigenvalue weighted by molar-refractivity contribution is 0.669. The third-order valence-corrected chi connectivity index (χ3v) is 12.6. The van der Waals surface area contributed by atoms with Crippen molar-refractivity contribution in [3.05, 3.63) is 212 Å².